The van der Waals surface area contributed by atoms with Crippen LogP contribution in [0.1, 0.15) is 42.0 Å². The Morgan fingerprint density at radius 3 is 2.57 bits per heavy atom. The summed E-state index contributed by atoms with van der Waals surface area (Å²) in [4.78, 5) is 31.8. The topological polar surface area (TPSA) is 55.8 Å². The van der Waals surface area contributed by atoms with Gasteiger partial charge in [-0.2, -0.15) is 0 Å². The van der Waals surface area contributed by atoms with E-state index >= 15 is 0 Å². The fraction of sp³-hybridized carbons (Fsp3) is 0.577. The second-order valence-electron chi connectivity index (χ2n) is 10.1. The number of fused-ring (bicyclic) bond motifs is 1. The molecular formula is C26H34ClFN6O. The SMILES string of the molecule is C[C@@H]1CCc2ncnc(N3CCN(C(=O)[C@H](CN4CCN(C)CC4)c4ccc(Cl)c(F)c4)CC3)c21. The highest BCUT2D eigenvalue weighted by Crippen LogP contribution is 2.37. The molecule has 3 aliphatic rings. The molecule has 7 nitrogen and oxygen atoms in total. The number of rotatable bonds is 5. The first-order valence-corrected chi connectivity index (χ1v) is 13.0. The van der Waals surface area contributed by atoms with Crippen LogP contribution in [0.3, 0.4) is 0 Å². The van der Waals surface area contributed by atoms with Crippen LogP contribution in [0.4, 0.5) is 10.2 Å². The zero-order chi connectivity index (χ0) is 24.5. The molecule has 0 spiro atoms. The number of aryl methyl sites for hydroxylation is 1. The van der Waals surface area contributed by atoms with Gasteiger partial charge in [0.15, 0.2) is 0 Å². The Hall–Kier alpha value is -2.29. The molecule has 5 rings (SSSR count). The molecule has 0 radical (unpaired) electrons. The van der Waals surface area contributed by atoms with E-state index < -0.39 is 11.7 Å². The zero-order valence-electron chi connectivity index (χ0n) is 20.6. The molecule has 2 fully saturated rings. The first kappa shape index (κ1) is 24.4. The first-order chi connectivity index (χ1) is 16.9. The summed E-state index contributed by atoms with van der Waals surface area (Å²) >= 11 is 5.94. The lowest BCUT2D eigenvalue weighted by molar-refractivity contribution is -0.133. The van der Waals surface area contributed by atoms with E-state index in [1.54, 1.807) is 18.5 Å². The zero-order valence-corrected chi connectivity index (χ0v) is 21.3. The van der Waals surface area contributed by atoms with E-state index in [-0.39, 0.29) is 10.9 Å². The van der Waals surface area contributed by atoms with Gasteiger partial charge in [-0.05, 0) is 43.5 Å². The third-order valence-electron chi connectivity index (χ3n) is 7.82. The molecule has 1 amide bonds. The highest BCUT2D eigenvalue weighted by atomic mass is 35.5. The fourth-order valence-electron chi connectivity index (χ4n) is 5.58. The minimum absolute atomic E-state index is 0.0617. The van der Waals surface area contributed by atoms with Crippen molar-refractivity contribution in [2.45, 2.75) is 31.6 Å². The van der Waals surface area contributed by atoms with E-state index in [4.69, 9.17) is 11.6 Å². The first-order valence-electron chi connectivity index (χ1n) is 12.6. The molecule has 2 aromatic rings. The summed E-state index contributed by atoms with van der Waals surface area (Å²) < 4.78 is 14.4. The van der Waals surface area contributed by atoms with Crippen molar-refractivity contribution in [3.63, 3.8) is 0 Å². The molecule has 35 heavy (non-hydrogen) atoms. The van der Waals surface area contributed by atoms with Crippen LogP contribution in [0.5, 0.6) is 0 Å². The van der Waals surface area contributed by atoms with Crippen LogP contribution in [-0.2, 0) is 11.2 Å². The van der Waals surface area contributed by atoms with Gasteiger partial charge < -0.3 is 14.7 Å². The lowest BCUT2D eigenvalue weighted by atomic mass is 9.95. The van der Waals surface area contributed by atoms with E-state index in [9.17, 15) is 9.18 Å². The maximum Gasteiger partial charge on any atom is 0.231 e. The van der Waals surface area contributed by atoms with Gasteiger partial charge in [-0.25, -0.2) is 14.4 Å². The fourth-order valence-corrected chi connectivity index (χ4v) is 5.70. The maximum absolute atomic E-state index is 14.4. The lowest BCUT2D eigenvalue weighted by Crippen LogP contribution is -2.52. The smallest absolute Gasteiger partial charge is 0.231 e. The molecule has 1 aromatic carbocycles. The Bertz CT molecular complexity index is 1070. The predicted octanol–water partition coefficient (Wildman–Crippen LogP) is 3.00. The standard InChI is InChI=1S/C26H34ClFN6O/c1-18-3-6-23-24(18)25(30-17-29-23)33-11-13-34(14-12-33)26(35)20(16-32-9-7-31(2)8-10-32)19-4-5-21(27)22(28)15-19/h4-5,15,17-18,20H,3,6-14,16H2,1-2H3/t18-,20-/m1/s1. The third kappa shape index (κ3) is 5.15. The summed E-state index contributed by atoms with van der Waals surface area (Å²) in [7, 11) is 2.11. The Morgan fingerprint density at radius 1 is 1.11 bits per heavy atom. The van der Waals surface area contributed by atoms with Gasteiger partial charge in [0.25, 0.3) is 0 Å². The van der Waals surface area contributed by atoms with Gasteiger partial charge in [0.2, 0.25) is 5.91 Å². The minimum Gasteiger partial charge on any atom is -0.353 e. The lowest BCUT2D eigenvalue weighted by Gasteiger charge is -2.39. The van der Waals surface area contributed by atoms with Crippen molar-refractivity contribution in [1.29, 1.82) is 0 Å². The van der Waals surface area contributed by atoms with Crippen LogP contribution >= 0.6 is 11.6 Å². The number of piperazine rings is 2. The molecule has 2 aliphatic heterocycles. The Balaban J connectivity index is 1.31. The van der Waals surface area contributed by atoms with Gasteiger partial charge in [-0.1, -0.05) is 24.6 Å². The van der Waals surface area contributed by atoms with E-state index in [2.05, 4.69) is 38.6 Å². The molecular weight excluding hydrogens is 467 g/mol. The number of nitrogens with zero attached hydrogens (tertiary/aromatic N) is 6. The van der Waals surface area contributed by atoms with Gasteiger partial charge in [0, 0.05) is 70.2 Å². The molecule has 0 N–H and O–H groups in total. The molecule has 0 saturated carbocycles. The van der Waals surface area contributed by atoms with E-state index in [0.717, 1.165) is 63.6 Å². The van der Waals surface area contributed by atoms with Crippen LogP contribution in [0.15, 0.2) is 24.5 Å². The van der Waals surface area contributed by atoms with Gasteiger partial charge in [0.1, 0.15) is 18.0 Å². The highest BCUT2D eigenvalue weighted by Gasteiger charge is 2.33. The Labute approximate surface area is 211 Å². The summed E-state index contributed by atoms with van der Waals surface area (Å²) in [5.74, 6) is 0.665. The minimum atomic E-state index is -0.475. The average Bonchev–Trinajstić information content (AvgIpc) is 3.26. The average molecular weight is 501 g/mol. The third-order valence-corrected chi connectivity index (χ3v) is 8.13. The molecule has 1 aliphatic carbocycles. The van der Waals surface area contributed by atoms with Crippen LogP contribution in [0.2, 0.25) is 5.02 Å². The second kappa shape index (κ2) is 10.4. The predicted molar refractivity (Wildman–Crippen MR) is 136 cm³/mol. The quantitative estimate of drug-likeness (QED) is 0.629. The summed E-state index contributed by atoms with van der Waals surface area (Å²) in [6.07, 6.45) is 3.80. The van der Waals surface area contributed by atoms with Crippen LogP contribution in [0, 0.1) is 5.82 Å². The summed E-state index contributed by atoms with van der Waals surface area (Å²) in [5.41, 5.74) is 3.13. The normalized spacial score (nSPS) is 22.3. The van der Waals surface area contributed by atoms with Crippen LogP contribution in [0.25, 0.3) is 0 Å². The number of amides is 1. The maximum atomic E-state index is 14.4. The summed E-state index contributed by atoms with van der Waals surface area (Å²) in [5, 5.41) is 0.0831. The van der Waals surface area contributed by atoms with Gasteiger partial charge in [-0.15, -0.1) is 0 Å². The number of likely N-dealkylation sites (N-methyl/N-ethyl adjacent to an activating group) is 1. The summed E-state index contributed by atoms with van der Waals surface area (Å²) in [6, 6.07) is 4.79. The molecule has 188 valence electrons. The molecule has 2 atom stereocenters. The van der Waals surface area contributed by atoms with Crippen LogP contribution in [-0.4, -0.2) is 96.5 Å². The number of carbonyl (C=O) groups excluding carboxylic acids is 1. The number of hydrogen-bond donors (Lipinski definition) is 0. The van der Waals surface area contributed by atoms with Crippen molar-refractivity contribution in [3.05, 3.63) is 52.2 Å². The van der Waals surface area contributed by atoms with Crippen molar-refractivity contribution in [3.8, 4) is 0 Å². The Kier molecular flexibility index (Phi) is 7.23. The van der Waals surface area contributed by atoms with Crippen molar-refractivity contribution < 1.29 is 9.18 Å². The van der Waals surface area contributed by atoms with E-state index in [0.29, 0.717) is 31.1 Å². The van der Waals surface area contributed by atoms with Crippen molar-refractivity contribution in [1.82, 2.24) is 24.7 Å². The highest BCUT2D eigenvalue weighted by molar-refractivity contribution is 6.30. The molecule has 2 saturated heterocycles. The van der Waals surface area contributed by atoms with E-state index in [1.165, 1.54) is 11.6 Å². The monoisotopic (exact) mass is 500 g/mol. The molecule has 0 bridgehead atoms. The molecule has 3 heterocycles. The van der Waals surface area contributed by atoms with Gasteiger partial charge in [0.05, 0.1) is 10.9 Å². The number of benzene rings is 1. The van der Waals surface area contributed by atoms with Crippen molar-refractivity contribution in [2.75, 3.05) is 70.9 Å². The van der Waals surface area contributed by atoms with E-state index in [1.807, 2.05) is 4.90 Å². The number of halogens is 2. The Morgan fingerprint density at radius 2 is 1.86 bits per heavy atom. The molecule has 9 heteroatoms. The molecule has 0 unspecified atom stereocenters. The second-order valence-corrected chi connectivity index (χ2v) is 10.5. The largest absolute Gasteiger partial charge is 0.353 e. The number of hydrogen-bond acceptors (Lipinski definition) is 6. The number of aromatic nitrogens is 2. The van der Waals surface area contributed by atoms with Crippen molar-refractivity contribution in [2.24, 2.45) is 0 Å². The van der Waals surface area contributed by atoms with Gasteiger partial charge >= 0.3 is 0 Å². The number of anilines is 1. The van der Waals surface area contributed by atoms with Crippen molar-refractivity contribution >= 4 is 23.3 Å². The number of carbonyl (C=O) groups is 1. The van der Waals surface area contributed by atoms with Gasteiger partial charge in [-0.3, -0.25) is 9.69 Å². The summed E-state index contributed by atoms with van der Waals surface area (Å²) in [6.45, 7) is 9.30. The van der Waals surface area contributed by atoms with Crippen LogP contribution < -0.4 is 4.90 Å². The molecule has 1 aromatic heterocycles.